The van der Waals surface area contributed by atoms with E-state index < -0.39 is 0 Å². The highest BCUT2D eigenvalue weighted by Crippen LogP contribution is 2.34. The van der Waals surface area contributed by atoms with Gasteiger partial charge in [0.15, 0.2) is 0 Å². The minimum atomic E-state index is 0.327. The molecule has 1 aliphatic carbocycles. The first-order valence-electron chi connectivity index (χ1n) is 8.39. The van der Waals surface area contributed by atoms with E-state index in [1.165, 1.54) is 31.2 Å². The SMILES string of the molecule is CCCNCc1cccc(Cl)c1OC1CCCC(CC)C1. The van der Waals surface area contributed by atoms with E-state index in [0.717, 1.165) is 42.6 Å². The predicted molar refractivity (Wildman–Crippen MR) is 90.1 cm³/mol. The molecule has 1 fully saturated rings. The van der Waals surface area contributed by atoms with Crippen LogP contribution < -0.4 is 10.1 Å². The molecule has 1 aromatic rings. The Morgan fingerprint density at radius 2 is 2.14 bits per heavy atom. The molecule has 2 rings (SSSR count). The van der Waals surface area contributed by atoms with Gasteiger partial charge in [-0.1, -0.05) is 50.4 Å². The summed E-state index contributed by atoms with van der Waals surface area (Å²) in [5, 5.41) is 4.18. The zero-order valence-corrected chi connectivity index (χ0v) is 14.1. The van der Waals surface area contributed by atoms with Crippen molar-refractivity contribution in [3.8, 4) is 5.75 Å². The van der Waals surface area contributed by atoms with Crippen LogP contribution in [0.15, 0.2) is 18.2 Å². The quantitative estimate of drug-likeness (QED) is 0.700. The van der Waals surface area contributed by atoms with Crippen molar-refractivity contribution < 1.29 is 4.74 Å². The van der Waals surface area contributed by atoms with Crippen molar-refractivity contribution in [2.45, 2.75) is 65.0 Å². The summed E-state index contributed by atoms with van der Waals surface area (Å²) in [5.41, 5.74) is 1.18. The maximum atomic E-state index is 6.38. The van der Waals surface area contributed by atoms with E-state index in [4.69, 9.17) is 16.3 Å². The number of benzene rings is 1. The minimum Gasteiger partial charge on any atom is -0.489 e. The predicted octanol–water partition coefficient (Wildman–Crippen LogP) is 5.19. The molecule has 2 unspecified atom stereocenters. The fourth-order valence-corrected chi connectivity index (χ4v) is 3.35. The lowest BCUT2D eigenvalue weighted by Crippen LogP contribution is -2.26. The van der Waals surface area contributed by atoms with Gasteiger partial charge in [0.25, 0.3) is 0 Å². The molecule has 0 aromatic heterocycles. The molecule has 2 atom stereocenters. The Morgan fingerprint density at radius 3 is 2.90 bits per heavy atom. The highest BCUT2D eigenvalue weighted by molar-refractivity contribution is 6.32. The molecule has 0 spiro atoms. The van der Waals surface area contributed by atoms with Gasteiger partial charge in [0, 0.05) is 12.1 Å². The van der Waals surface area contributed by atoms with E-state index in [2.05, 4.69) is 25.2 Å². The van der Waals surface area contributed by atoms with E-state index in [-0.39, 0.29) is 0 Å². The van der Waals surface area contributed by atoms with E-state index >= 15 is 0 Å². The fraction of sp³-hybridized carbons (Fsp3) is 0.667. The van der Waals surface area contributed by atoms with E-state index in [0.29, 0.717) is 6.10 Å². The van der Waals surface area contributed by atoms with E-state index in [9.17, 15) is 0 Å². The van der Waals surface area contributed by atoms with Gasteiger partial charge in [0.1, 0.15) is 5.75 Å². The summed E-state index contributed by atoms with van der Waals surface area (Å²) in [5.74, 6) is 1.71. The van der Waals surface area contributed by atoms with E-state index in [1.54, 1.807) is 0 Å². The molecule has 3 heteroatoms. The maximum Gasteiger partial charge on any atom is 0.142 e. The summed E-state index contributed by atoms with van der Waals surface area (Å²) in [6.45, 7) is 6.30. The van der Waals surface area contributed by atoms with Gasteiger partial charge in [-0.25, -0.2) is 0 Å². The Labute approximate surface area is 134 Å². The number of para-hydroxylation sites is 1. The van der Waals surface area contributed by atoms with Gasteiger partial charge >= 0.3 is 0 Å². The Hall–Kier alpha value is -0.730. The second-order valence-corrected chi connectivity index (χ2v) is 6.49. The summed E-state index contributed by atoms with van der Waals surface area (Å²) in [7, 11) is 0. The summed E-state index contributed by atoms with van der Waals surface area (Å²) in [4.78, 5) is 0. The second-order valence-electron chi connectivity index (χ2n) is 6.09. The summed E-state index contributed by atoms with van der Waals surface area (Å²) in [6, 6.07) is 6.05. The molecule has 1 N–H and O–H groups in total. The molecule has 0 radical (unpaired) electrons. The molecule has 118 valence electrons. The van der Waals surface area contributed by atoms with Crippen LogP contribution in [0.3, 0.4) is 0 Å². The van der Waals surface area contributed by atoms with Crippen LogP contribution in [0.2, 0.25) is 5.02 Å². The molecule has 2 nitrogen and oxygen atoms in total. The van der Waals surface area contributed by atoms with Crippen LogP contribution in [0.4, 0.5) is 0 Å². The maximum absolute atomic E-state index is 6.38. The molecule has 1 aliphatic rings. The second kappa shape index (κ2) is 8.65. The van der Waals surface area contributed by atoms with Crippen LogP contribution in [0, 0.1) is 5.92 Å². The summed E-state index contributed by atoms with van der Waals surface area (Å²) >= 11 is 6.38. The Balaban J connectivity index is 2.03. The Bertz CT molecular complexity index is 435. The van der Waals surface area contributed by atoms with Crippen molar-refractivity contribution in [2.75, 3.05) is 6.54 Å². The number of halogens is 1. The number of ether oxygens (including phenoxy) is 1. The molecule has 1 saturated carbocycles. The Morgan fingerprint density at radius 1 is 1.29 bits per heavy atom. The molecular formula is C18H28ClNO. The third-order valence-electron chi connectivity index (χ3n) is 4.39. The average molecular weight is 310 g/mol. The van der Waals surface area contributed by atoms with Crippen LogP contribution in [0.25, 0.3) is 0 Å². The monoisotopic (exact) mass is 309 g/mol. The van der Waals surface area contributed by atoms with Gasteiger partial charge in [-0.05, 0) is 44.2 Å². The fourth-order valence-electron chi connectivity index (χ4n) is 3.11. The summed E-state index contributed by atoms with van der Waals surface area (Å²) < 4.78 is 6.31. The van der Waals surface area contributed by atoms with Gasteiger partial charge in [-0.2, -0.15) is 0 Å². The molecule has 0 saturated heterocycles. The van der Waals surface area contributed by atoms with Crippen LogP contribution in [-0.4, -0.2) is 12.6 Å². The lowest BCUT2D eigenvalue weighted by atomic mass is 9.85. The Kier molecular flexibility index (Phi) is 6.85. The van der Waals surface area contributed by atoms with Crippen molar-refractivity contribution in [3.63, 3.8) is 0 Å². The molecule has 0 bridgehead atoms. The highest BCUT2D eigenvalue weighted by Gasteiger charge is 2.23. The van der Waals surface area contributed by atoms with Gasteiger partial charge in [-0.15, -0.1) is 0 Å². The van der Waals surface area contributed by atoms with Gasteiger partial charge < -0.3 is 10.1 Å². The zero-order valence-electron chi connectivity index (χ0n) is 13.3. The van der Waals surface area contributed by atoms with Crippen molar-refractivity contribution in [1.29, 1.82) is 0 Å². The molecule has 0 aliphatic heterocycles. The van der Waals surface area contributed by atoms with Crippen LogP contribution in [0.5, 0.6) is 5.75 Å². The van der Waals surface area contributed by atoms with Crippen molar-refractivity contribution in [3.05, 3.63) is 28.8 Å². The van der Waals surface area contributed by atoms with Crippen molar-refractivity contribution >= 4 is 11.6 Å². The molecule has 1 aromatic carbocycles. The minimum absolute atomic E-state index is 0.327. The number of nitrogens with one attached hydrogen (secondary N) is 1. The van der Waals surface area contributed by atoms with Crippen molar-refractivity contribution in [2.24, 2.45) is 5.92 Å². The van der Waals surface area contributed by atoms with Crippen LogP contribution in [-0.2, 0) is 6.54 Å². The zero-order chi connectivity index (χ0) is 15.1. The third kappa shape index (κ3) is 4.89. The number of hydrogen-bond donors (Lipinski definition) is 1. The summed E-state index contributed by atoms with van der Waals surface area (Å²) in [6.07, 6.45) is 7.67. The largest absolute Gasteiger partial charge is 0.489 e. The van der Waals surface area contributed by atoms with Crippen molar-refractivity contribution in [1.82, 2.24) is 5.32 Å². The molecule has 0 amide bonds. The first-order valence-corrected chi connectivity index (χ1v) is 8.77. The number of hydrogen-bond acceptors (Lipinski definition) is 2. The lowest BCUT2D eigenvalue weighted by Gasteiger charge is -2.30. The molecular weight excluding hydrogens is 282 g/mol. The number of rotatable bonds is 7. The smallest absolute Gasteiger partial charge is 0.142 e. The van der Waals surface area contributed by atoms with Crippen LogP contribution in [0.1, 0.15) is 57.9 Å². The molecule has 21 heavy (non-hydrogen) atoms. The first-order chi connectivity index (χ1) is 10.2. The van der Waals surface area contributed by atoms with Gasteiger partial charge in [0.2, 0.25) is 0 Å². The van der Waals surface area contributed by atoms with Gasteiger partial charge in [0.05, 0.1) is 11.1 Å². The average Bonchev–Trinajstić information content (AvgIpc) is 2.51. The van der Waals surface area contributed by atoms with E-state index in [1.807, 2.05) is 12.1 Å². The lowest BCUT2D eigenvalue weighted by molar-refractivity contribution is 0.121. The first kappa shape index (κ1) is 16.6. The van der Waals surface area contributed by atoms with Gasteiger partial charge in [-0.3, -0.25) is 0 Å². The normalized spacial score (nSPS) is 22.2. The highest BCUT2D eigenvalue weighted by atomic mass is 35.5. The molecule has 0 heterocycles. The van der Waals surface area contributed by atoms with Crippen LogP contribution >= 0.6 is 11.6 Å². The topological polar surface area (TPSA) is 21.3 Å². The third-order valence-corrected chi connectivity index (χ3v) is 4.68. The standard InChI is InChI=1S/C18H28ClNO/c1-3-11-20-13-15-8-6-10-17(19)18(15)21-16-9-5-7-14(4-2)12-16/h6,8,10,14,16,20H,3-5,7,9,11-13H2,1-2H3.